The summed E-state index contributed by atoms with van der Waals surface area (Å²) < 4.78 is 32.5. The zero-order valence-corrected chi connectivity index (χ0v) is 20.9. The van der Waals surface area contributed by atoms with E-state index in [2.05, 4.69) is 4.72 Å². The van der Waals surface area contributed by atoms with Gasteiger partial charge in [-0.1, -0.05) is 43.3 Å². The standard InChI is InChI=1S/C26H34N2O5S/c1-4-27-34(31,32)22-12-11-19(3)23(17-22)26(30)28-15-13-21(14-16-28)24(18-25(29)33-5-2)20-9-7-6-8-10-20/h6-12,17,21,24,27H,4-5,13-16,18H2,1-3H3/t24-/m0/s1. The molecular formula is C26H34N2O5S. The highest BCUT2D eigenvalue weighted by Gasteiger charge is 2.32. The van der Waals surface area contributed by atoms with E-state index in [-0.39, 0.29) is 35.2 Å². The first-order chi connectivity index (χ1) is 16.3. The van der Waals surface area contributed by atoms with Crippen LogP contribution in [0.1, 0.15) is 60.5 Å². The number of benzene rings is 2. The molecule has 0 spiro atoms. The lowest BCUT2D eigenvalue weighted by atomic mass is 9.78. The predicted octanol–water partition coefficient (Wildman–Crippen LogP) is 3.88. The smallest absolute Gasteiger partial charge is 0.306 e. The highest BCUT2D eigenvalue weighted by molar-refractivity contribution is 7.89. The molecule has 0 unspecified atom stereocenters. The summed E-state index contributed by atoms with van der Waals surface area (Å²) in [5, 5.41) is 0. The quantitative estimate of drug-likeness (QED) is 0.543. The third-order valence-corrected chi connectivity index (χ3v) is 7.94. The molecule has 1 atom stereocenters. The first kappa shape index (κ1) is 25.9. The lowest BCUT2D eigenvalue weighted by Crippen LogP contribution is -2.40. The molecule has 1 fully saturated rings. The molecule has 1 heterocycles. The van der Waals surface area contributed by atoms with E-state index in [0.717, 1.165) is 24.0 Å². The van der Waals surface area contributed by atoms with Crippen LogP contribution in [0.3, 0.4) is 0 Å². The average molecular weight is 487 g/mol. The van der Waals surface area contributed by atoms with E-state index in [4.69, 9.17) is 4.74 Å². The minimum atomic E-state index is -3.65. The van der Waals surface area contributed by atoms with Gasteiger partial charge in [-0.2, -0.15) is 0 Å². The van der Waals surface area contributed by atoms with Gasteiger partial charge in [0.1, 0.15) is 0 Å². The Hall–Kier alpha value is -2.71. The number of likely N-dealkylation sites (tertiary alicyclic amines) is 1. The number of sulfonamides is 1. The molecule has 1 amide bonds. The van der Waals surface area contributed by atoms with Gasteiger partial charge in [0.15, 0.2) is 0 Å². The molecule has 184 valence electrons. The van der Waals surface area contributed by atoms with E-state index < -0.39 is 10.0 Å². The summed E-state index contributed by atoms with van der Waals surface area (Å²) in [7, 11) is -3.65. The molecule has 0 saturated carbocycles. The highest BCUT2D eigenvalue weighted by atomic mass is 32.2. The fourth-order valence-electron chi connectivity index (χ4n) is 4.60. The highest BCUT2D eigenvalue weighted by Crippen LogP contribution is 2.36. The van der Waals surface area contributed by atoms with Crippen molar-refractivity contribution in [3.8, 4) is 0 Å². The lowest BCUT2D eigenvalue weighted by molar-refractivity contribution is -0.144. The number of nitrogens with zero attached hydrogens (tertiary/aromatic N) is 1. The van der Waals surface area contributed by atoms with Gasteiger partial charge in [-0.3, -0.25) is 9.59 Å². The summed E-state index contributed by atoms with van der Waals surface area (Å²) in [5.74, 6) is -0.0828. The molecule has 0 bridgehead atoms. The second kappa shape index (κ2) is 11.6. The van der Waals surface area contributed by atoms with Crippen molar-refractivity contribution in [3.05, 3.63) is 65.2 Å². The fourth-order valence-corrected chi connectivity index (χ4v) is 5.67. The van der Waals surface area contributed by atoms with Crippen LogP contribution in [0.15, 0.2) is 53.4 Å². The molecule has 1 saturated heterocycles. The minimum Gasteiger partial charge on any atom is -0.466 e. The Bertz CT molecular complexity index is 1090. The number of nitrogens with one attached hydrogen (secondary N) is 1. The zero-order valence-electron chi connectivity index (χ0n) is 20.1. The van der Waals surface area contributed by atoms with Gasteiger partial charge in [-0.05, 0) is 61.8 Å². The molecule has 2 aromatic rings. The van der Waals surface area contributed by atoms with Crippen LogP contribution in [0.2, 0.25) is 0 Å². The second-order valence-electron chi connectivity index (χ2n) is 8.63. The number of hydrogen-bond acceptors (Lipinski definition) is 5. The van der Waals surface area contributed by atoms with Gasteiger partial charge in [-0.25, -0.2) is 13.1 Å². The predicted molar refractivity (Wildman–Crippen MR) is 131 cm³/mol. The molecular weight excluding hydrogens is 452 g/mol. The third-order valence-electron chi connectivity index (χ3n) is 6.40. The van der Waals surface area contributed by atoms with Crippen molar-refractivity contribution in [1.29, 1.82) is 0 Å². The molecule has 0 aliphatic carbocycles. The van der Waals surface area contributed by atoms with E-state index in [1.165, 1.54) is 12.1 Å². The maximum absolute atomic E-state index is 13.3. The number of carbonyl (C=O) groups excluding carboxylic acids is 2. The van der Waals surface area contributed by atoms with Gasteiger partial charge < -0.3 is 9.64 Å². The van der Waals surface area contributed by atoms with E-state index in [0.29, 0.717) is 31.7 Å². The number of ether oxygens (including phenoxy) is 1. The largest absolute Gasteiger partial charge is 0.466 e. The monoisotopic (exact) mass is 486 g/mol. The normalized spacial score (nSPS) is 15.7. The summed E-state index contributed by atoms with van der Waals surface area (Å²) in [6.45, 7) is 7.08. The molecule has 0 radical (unpaired) electrons. The van der Waals surface area contributed by atoms with Crippen molar-refractivity contribution in [2.75, 3.05) is 26.2 Å². The Labute approximate surface area is 202 Å². The lowest BCUT2D eigenvalue weighted by Gasteiger charge is -2.36. The molecule has 0 aromatic heterocycles. The Morgan fingerprint density at radius 2 is 1.76 bits per heavy atom. The van der Waals surface area contributed by atoms with E-state index in [1.807, 2.05) is 37.3 Å². The van der Waals surface area contributed by atoms with E-state index >= 15 is 0 Å². The molecule has 1 N–H and O–H groups in total. The van der Waals surface area contributed by atoms with E-state index in [1.54, 1.807) is 24.8 Å². The molecule has 1 aliphatic heterocycles. The summed E-state index contributed by atoms with van der Waals surface area (Å²) in [4.78, 5) is 27.5. The van der Waals surface area contributed by atoms with Crippen LogP contribution in [0.5, 0.6) is 0 Å². The van der Waals surface area contributed by atoms with E-state index in [9.17, 15) is 18.0 Å². The van der Waals surface area contributed by atoms with Crippen molar-refractivity contribution >= 4 is 21.9 Å². The number of hydrogen-bond donors (Lipinski definition) is 1. The Balaban J connectivity index is 1.74. The van der Waals surface area contributed by atoms with Gasteiger partial charge in [0, 0.05) is 25.2 Å². The second-order valence-corrected chi connectivity index (χ2v) is 10.4. The summed E-state index contributed by atoms with van der Waals surface area (Å²) >= 11 is 0. The minimum absolute atomic E-state index is 0.0350. The van der Waals surface area contributed by atoms with Crippen molar-refractivity contribution in [2.45, 2.75) is 50.8 Å². The number of carbonyl (C=O) groups is 2. The first-order valence-electron chi connectivity index (χ1n) is 11.9. The van der Waals surface area contributed by atoms with Crippen LogP contribution in [0.4, 0.5) is 0 Å². The van der Waals surface area contributed by atoms with Crippen molar-refractivity contribution in [3.63, 3.8) is 0 Å². The molecule has 8 heteroatoms. The SMILES string of the molecule is CCNS(=O)(=O)c1ccc(C)c(C(=O)N2CCC([C@@H](CC(=O)OCC)c3ccccc3)CC2)c1. The molecule has 1 aliphatic rings. The third kappa shape index (κ3) is 6.24. The van der Waals surface area contributed by atoms with Gasteiger partial charge in [0.05, 0.1) is 17.9 Å². The number of esters is 1. The summed E-state index contributed by atoms with van der Waals surface area (Å²) in [5.41, 5.74) is 2.26. The molecule has 2 aromatic carbocycles. The maximum atomic E-state index is 13.3. The first-order valence-corrected chi connectivity index (χ1v) is 13.3. The summed E-state index contributed by atoms with van der Waals surface area (Å²) in [6.07, 6.45) is 1.85. The van der Waals surface area contributed by atoms with Crippen LogP contribution in [-0.4, -0.2) is 51.4 Å². The number of aryl methyl sites for hydroxylation is 1. The Kier molecular flexibility index (Phi) is 8.85. The zero-order chi connectivity index (χ0) is 24.7. The van der Waals surface area contributed by atoms with Gasteiger partial charge in [0.2, 0.25) is 10.0 Å². The molecule has 3 rings (SSSR count). The van der Waals surface area contributed by atoms with Crippen LogP contribution < -0.4 is 4.72 Å². The van der Waals surface area contributed by atoms with Crippen molar-refractivity contribution < 1.29 is 22.7 Å². The molecule has 7 nitrogen and oxygen atoms in total. The average Bonchev–Trinajstić information content (AvgIpc) is 2.83. The van der Waals surface area contributed by atoms with Gasteiger partial charge >= 0.3 is 5.97 Å². The summed E-state index contributed by atoms with van der Waals surface area (Å²) in [6, 6.07) is 14.7. The molecule has 34 heavy (non-hydrogen) atoms. The van der Waals surface area contributed by atoms with Crippen LogP contribution >= 0.6 is 0 Å². The van der Waals surface area contributed by atoms with Crippen molar-refractivity contribution in [1.82, 2.24) is 9.62 Å². The number of rotatable bonds is 9. The van der Waals surface area contributed by atoms with Gasteiger partial charge in [-0.15, -0.1) is 0 Å². The topological polar surface area (TPSA) is 92.8 Å². The van der Waals surface area contributed by atoms with Crippen molar-refractivity contribution in [2.24, 2.45) is 5.92 Å². The number of amides is 1. The maximum Gasteiger partial charge on any atom is 0.306 e. The Morgan fingerprint density at radius 1 is 1.09 bits per heavy atom. The fraction of sp³-hybridized carbons (Fsp3) is 0.462. The van der Waals surface area contributed by atoms with Crippen LogP contribution in [0, 0.1) is 12.8 Å². The van der Waals surface area contributed by atoms with Gasteiger partial charge in [0.25, 0.3) is 5.91 Å². The Morgan fingerprint density at radius 3 is 2.38 bits per heavy atom. The van der Waals surface area contributed by atoms with Crippen LogP contribution in [0.25, 0.3) is 0 Å². The number of piperidine rings is 1. The van der Waals surface area contributed by atoms with Crippen LogP contribution in [-0.2, 0) is 19.6 Å².